The zero-order valence-corrected chi connectivity index (χ0v) is 21.4. The summed E-state index contributed by atoms with van der Waals surface area (Å²) in [5, 5.41) is 10.4. The van der Waals surface area contributed by atoms with Crippen molar-refractivity contribution in [2.24, 2.45) is 11.7 Å². The third kappa shape index (κ3) is 4.02. The maximum Gasteiger partial charge on any atom is 0.254 e. The highest BCUT2D eigenvalue weighted by Crippen LogP contribution is 2.37. The number of imidazole rings is 1. The van der Waals surface area contributed by atoms with E-state index in [1.54, 1.807) is 19.2 Å². The number of pyridine rings is 2. The molecule has 0 radical (unpaired) electrons. The lowest BCUT2D eigenvalue weighted by Gasteiger charge is -2.36. The van der Waals surface area contributed by atoms with Crippen molar-refractivity contribution in [2.45, 2.75) is 58.2 Å². The summed E-state index contributed by atoms with van der Waals surface area (Å²) >= 11 is 0. The number of nitrogens with two attached hydrogens (primary N) is 1. The smallest absolute Gasteiger partial charge is 0.254 e. The van der Waals surface area contributed by atoms with E-state index in [0.717, 1.165) is 47.5 Å². The summed E-state index contributed by atoms with van der Waals surface area (Å²) in [6.45, 7) is 5.47. The van der Waals surface area contributed by atoms with Gasteiger partial charge in [0.25, 0.3) is 5.91 Å². The third-order valence-corrected chi connectivity index (χ3v) is 7.79. The summed E-state index contributed by atoms with van der Waals surface area (Å²) in [5.41, 5.74) is 11.3. The van der Waals surface area contributed by atoms with Gasteiger partial charge in [-0.3, -0.25) is 9.20 Å². The van der Waals surface area contributed by atoms with Crippen LogP contribution in [0.4, 0.5) is 0 Å². The molecule has 0 aromatic carbocycles. The molecule has 9 heteroatoms. The summed E-state index contributed by atoms with van der Waals surface area (Å²) in [4.78, 5) is 25.0. The lowest BCUT2D eigenvalue weighted by atomic mass is 9.99. The van der Waals surface area contributed by atoms with Crippen molar-refractivity contribution < 1.29 is 9.53 Å². The molecule has 0 bridgehead atoms. The number of carbonyl (C=O) groups excluding carboxylic acids is 1. The number of piperidine rings is 1. The number of aromatic nitrogens is 4. The zero-order valence-electron chi connectivity index (χ0n) is 21.4. The molecule has 4 aromatic heterocycles. The van der Waals surface area contributed by atoms with Crippen molar-refractivity contribution in [3.8, 4) is 23.3 Å². The van der Waals surface area contributed by atoms with Crippen molar-refractivity contribution in [3.63, 3.8) is 0 Å². The number of likely N-dealkylation sites (tertiary alicyclic amines) is 1. The van der Waals surface area contributed by atoms with Gasteiger partial charge >= 0.3 is 0 Å². The standard InChI is InChI=1S/C28H31N7O2/c1-16-4-8-21(30)15-33(16)28(36)20-11-24-32-26(17(2)35(24)25(12-20)37-3)23-10-19-7-9-22(13-29)31-27(19)34(23)14-18-5-6-18/h7,9-12,16,18,21H,4-6,8,14-15,30H2,1-3H3/t16-,21+/m0/s1. The molecule has 190 valence electrons. The van der Waals surface area contributed by atoms with E-state index in [9.17, 15) is 10.1 Å². The van der Waals surface area contributed by atoms with Crippen molar-refractivity contribution >= 4 is 22.6 Å². The average Bonchev–Trinajstić information content (AvgIpc) is 3.58. The first-order chi connectivity index (χ1) is 17.9. The molecule has 0 unspecified atom stereocenters. The minimum absolute atomic E-state index is 0.00501. The van der Waals surface area contributed by atoms with Gasteiger partial charge in [-0.1, -0.05) is 0 Å². The summed E-state index contributed by atoms with van der Waals surface area (Å²) < 4.78 is 9.89. The number of carbonyl (C=O) groups is 1. The van der Waals surface area contributed by atoms with Crippen LogP contribution in [0, 0.1) is 24.2 Å². The molecule has 2 N–H and O–H groups in total. The van der Waals surface area contributed by atoms with Crippen molar-refractivity contribution in [2.75, 3.05) is 13.7 Å². The molecule has 2 fully saturated rings. The molecule has 5 heterocycles. The van der Waals surface area contributed by atoms with E-state index in [2.05, 4.69) is 28.6 Å². The molecule has 1 aliphatic carbocycles. The Morgan fingerprint density at radius 3 is 2.73 bits per heavy atom. The van der Waals surface area contributed by atoms with Crippen LogP contribution in [0.5, 0.6) is 5.88 Å². The minimum Gasteiger partial charge on any atom is -0.482 e. The van der Waals surface area contributed by atoms with Gasteiger partial charge in [0, 0.05) is 42.2 Å². The van der Waals surface area contributed by atoms with Crippen LogP contribution in [-0.4, -0.2) is 55.5 Å². The molecule has 9 nitrogen and oxygen atoms in total. The maximum absolute atomic E-state index is 13.5. The van der Waals surface area contributed by atoms with Crippen LogP contribution >= 0.6 is 0 Å². The summed E-state index contributed by atoms with van der Waals surface area (Å²) in [5.74, 6) is 1.11. The van der Waals surface area contributed by atoms with Gasteiger partial charge < -0.3 is 19.9 Å². The zero-order chi connectivity index (χ0) is 25.8. The Bertz CT molecular complexity index is 1570. The van der Waals surface area contributed by atoms with E-state index in [0.29, 0.717) is 35.2 Å². The summed E-state index contributed by atoms with van der Waals surface area (Å²) in [6.07, 6.45) is 4.21. The Morgan fingerprint density at radius 1 is 1.19 bits per heavy atom. The number of amides is 1. The fraction of sp³-hybridized carbons (Fsp3) is 0.429. The van der Waals surface area contributed by atoms with Gasteiger partial charge in [0.1, 0.15) is 28.8 Å². The van der Waals surface area contributed by atoms with E-state index in [1.807, 2.05) is 28.4 Å². The van der Waals surface area contributed by atoms with Crippen LogP contribution in [0.3, 0.4) is 0 Å². The Kier molecular flexibility index (Phi) is 5.64. The highest BCUT2D eigenvalue weighted by atomic mass is 16.5. The first-order valence-corrected chi connectivity index (χ1v) is 12.9. The van der Waals surface area contributed by atoms with E-state index < -0.39 is 0 Å². The Labute approximate surface area is 215 Å². The van der Waals surface area contributed by atoms with Crippen molar-refractivity contribution in [3.05, 3.63) is 47.3 Å². The van der Waals surface area contributed by atoms with E-state index in [1.165, 1.54) is 12.8 Å². The minimum atomic E-state index is -0.0540. The number of hydrogen-bond donors (Lipinski definition) is 1. The van der Waals surface area contributed by atoms with Gasteiger partial charge in [-0.2, -0.15) is 5.26 Å². The van der Waals surface area contributed by atoms with Crippen molar-refractivity contribution in [1.29, 1.82) is 5.26 Å². The fourth-order valence-corrected chi connectivity index (χ4v) is 5.51. The Balaban J connectivity index is 1.49. The molecule has 1 aliphatic heterocycles. The van der Waals surface area contributed by atoms with Crippen LogP contribution in [0.15, 0.2) is 30.3 Å². The summed E-state index contributed by atoms with van der Waals surface area (Å²) in [7, 11) is 1.61. The monoisotopic (exact) mass is 497 g/mol. The predicted octanol–water partition coefficient (Wildman–Crippen LogP) is 3.90. The molecule has 37 heavy (non-hydrogen) atoms. The molecule has 2 aliphatic rings. The molecule has 0 spiro atoms. The van der Waals surface area contributed by atoms with Gasteiger partial charge in [0.15, 0.2) is 5.88 Å². The van der Waals surface area contributed by atoms with Gasteiger partial charge in [-0.15, -0.1) is 0 Å². The lowest BCUT2D eigenvalue weighted by Crippen LogP contribution is -2.50. The van der Waals surface area contributed by atoms with Crippen molar-refractivity contribution in [1.82, 2.24) is 23.8 Å². The first kappa shape index (κ1) is 23.5. The fourth-order valence-electron chi connectivity index (χ4n) is 5.51. The quantitative estimate of drug-likeness (QED) is 0.447. The van der Waals surface area contributed by atoms with E-state index in [-0.39, 0.29) is 18.0 Å². The number of methoxy groups -OCH3 is 1. The number of nitriles is 1. The second-order valence-electron chi connectivity index (χ2n) is 10.5. The average molecular weight is 498 g/mol. The number of ether oxygens (including phenoxy) is 1. The summed E-state index contributed by atoms with van der Waals surface area (Å²) in [6, 6.07) is 11.7. The number of nitrogens with zero attached hydrogens (tertiary/aromatic N) is 6. The van der Waals surface area contributed by atoms with Gasteiger partial charge in [0.05, 0.1) is 18.5 Å². The molecule has 1 amide bonds. The van der Waals surface area contributed by atoms with E-state index >= 15 is 0 Å². The number of aryl methyl sites for hydroxylation is 1. The SMILES string of the molecule is COc1cc(C(=O)N2C[C@H](N)CC[C@@H]2C)cc2nc(-c3cc4ccc(C#N)nc4n3CC3CC3)c(C)n12. The number of hydrogen-bond acceptors (Lipinski definition) is 6. The topological polar surface area (TPSA) is 114 Å². The van der Waals surface area contributed by atoms with Gasteiger partial charge in [0.2, 0.25) is 0 Å². The predicted molar refractivity (Wildman–Crippen MR) is 140 cm³/mol. The molecule has 1 saturated heterocycles. The molecule has 4 aromatic rings. The van der Waals surface area contributed by atoms with Crippen LogP contribution < -0.4 is 10.5 Å². The lowest BCUT2D eigenvalue weighted by molar-refractivity contribution is 0.0612. The van der Waals surface area contributed by atoms with E-state index in [4.69, 9.17) is 15.5 Å². The Morgan fingerprint density at radius 2 is 2.00 bits per heavy atom. The Hall–Kier alpha value is -3.90. The van der Waals surface area contributed by atoms with Crippen LogP contribution in [0.25, 0.3) is 28.1 Å². The molecular formula is C28H31N7O2. The highest BCUT2D eigenvalue weighted by molar-refractivity contribution is 5.96. The van der Waals surface area contributed by atoms with Gasteiger partial charge in [-0.05, 0) is 69.7 Å². The molecule has 1 saturated carbocycles. The molecule has 2 atom stereocenters. The number of rotatable bonds is 5. The van der Waals surface area contributed by atoms with Crippen LogP contribution in [0.2, 0.25) is 0 Å². The largest absolute Gasteiger partial charge is 0.482 e. The van der Waals surface area contributed by atoms with Gasteiger partial charge in [-0.25, -0.2) is 9.97 Å². The normalized spacial score (nSPS) is 19.9. The third-order valence-electron chi connectivity index (χ3n) is 7.79. The maximum atomic E-state index is 13.5. The second kappa shape index (κ2) is 8.89. The number of fused-ring (bicyclic) bond motifs is 2. The molecular weight excluding hydrogens is 466 g/mol. The van der Waals surface area contributed by atoms with Crippen LogP contribution in [-0.2, 0) is 6.54 Å². The molecule has 6 rings (SSSR count). The first-order valence-electron chi connectivity index (χ1n) is 12.9. The van der Waals surface area contributed by atoms with Crippen LogP contribution in [0.1, 0.15) is 54.4 Å². The highest BCUT2D eigenvalue weighted by Gasteiger charge is 2.30. The second-order valence-corrected chi connectivity index (χ2v) is 10.5.